The summed E-state index contributed by atoms with van der Waals surface area (Å²) in [5.41, 5.74) is 3.28. The molecule has 1 heterocycles. The molecule has 188 valence electrons. The van der Waals surface area contributed by atoms with Crippen molar-refractivity contribution in [2.75, 3.05) is 10.6 Å². The predicted octanol–water partition coefficient (Wildman–Crippen LogP) is 4.79. The number of fused-ring (bicyclic) bond motifs is 2. The second kappa shape index (κ2) is 8.64. The van der Waals surface area contributed by atoms with Gasteiger partial charge in [-0.25, -0.2) is 13.1 Å². The standard InChI is InChI=1S/C28H31N3O4S/c1-4-18-8-11-22(12-9-18)36(34,35)31-25-16-28(25)17-27(2,3)30-24-13-10-19(14-23(24)28)26(33)29-20-6-5-7-21(32)15-20/h5-15,25,30-32H,4,16-17H2,1-3H3,(H,29,33). The zero-order chi connectivity index (χ0) is 25.7. The van der Waals surface area contributed by atoms with E-state index in [0.29, 0.717) is 17.7 Å². The molecule has 0 radical (unpaired) electrons. The van der Waals surface area contributed by atoms with E-state index in [0.717, 1.165) is 29.7 Å². The van der Waals surface area contributed by atoms with Crippen LogP contribution in [-0.4, -0.2) is 31.0 Å². The van der Waals surface area contributed by atoms with Gasteiger partial charge in [0.05, 0.1) is 4.90 Å². The zero-order valence-corrected chi connectivity index (χ0v) is 21.4. The first-order chi connectivity index (χ1) is 17.0. The maximum absolute atomic E-state index is 13.2. The van der Waals surface area contributed by atoms with Crippen LogP contribution in [0.2, 0.25) is 0 Å². The first kappa shape index (κ1) is 24.3. The number of amides is 1. The van der Waals surface area contributed by atoms with E-state index in [4.69, 9.17) is 0 Å². The number of nitrogens with one attached hydrogen (secondary N) is 3. The van der Waals surface area contributed by atoms with Crippen LogP contribution in [0, 0.1) is 0 Å². The fourth-order valence-electron chi connectivity index (χ4n) is 5.40. The largest absolute Gasteiger partial charge is 0.508 e. The molecule has 1 amide bonds. The van der Waals surface area contributed by atoms with E-state index in [1.54, 1.807) is 30.3 Å². The Balaban J connectivity index is 1.43. The van der Waals surface area contributed by atoms with Gasteiger partial charge in [-0.2, -0.15) is 0 Å². The predicted molar refractivity (Wildman–Crippen MR) is 141 cm³/mol. The van der Waals surface area contributed by atoms with Crippen LogP contribution in [0.25, 0.3) is 0 Å². The quantitative estimate of drug-likeness (QED) is 0.385. The van der Waals surface area contributed by atoms with Crippen LogP contribution in [0.3, 0.4) is 0 Å². The summed E-state index contributed by atoms with van der Waals surface area (Å²) in [6.07, 6.45) is 2.24. The molecule has 1 saturated carbocycles. The van der Waals surface area contributed by atoms with E-state index in [-0.39, 0.29) is 28.1 Å². The zero-order valence-electron chi connectivity index (χ0n) is 20.6. The highest BCUT2D eigenvalue weighted by Crippen LogP contribution is 2.59. The van der Waals surface area contributed by atoms with Crippen molar-refractivity contribution in [1.29, 1.82) is 0 Å². The number of phenols is 1. The van der Waals surface area contributed by atoms with Crippen LogP contribution >= 0.6 is 0 Å². The fourth-order valence-corrected chi connectivity index (χ4v) is 6.71. The van der Waals surface area contributed by atoms with Gasteiger partial charge in [-0.15, -0.1) is 0 Å². The summed E-state index contributed by atoms with van der Waals surface area (Å²) in [6, 6.07) is 18.6. The van der Waals surface area contributed by atoms with Crippen LogP contribution in [-0.2, 0) is 21.9 Å². The molecule has 0 aromatic heterocycles. The molecule has 1 spiro atoms. The van der Waals surface area contributed by atoms with Crippen molar-refractivity contribution >= 4 is 27.3 Å². The molecule has 5 rings (SSSR count). The Labute approximate surface area is 212 Å². The van der Waals surface area contributed by atoms with Crippen molar-refractivity contribution in [3.8, 4) is 5.75 Å². The molecule has 3 aromatic rings. The van der Waals surface area contributed by atoms with Gasteiger partial charge >= 0.3 is 0 Å². The fraction of sp³-hybridized carbons (Fsp3) is 0.321. The highest BCUT2D eigenvalue weighted by molar-refractivity contribution is 7.89. The topological polar surface area (TPSA) is 108 Å². The van der Waals surface area contributed by atoms with Crippen LogP contribution in [0.4, 0.5) is 11.4 Å². The third kappa shape index (κ3) is 4.58. The molecule has 0 saturated heterocycles. The van der Waals surface area contributed by atoms with Gasteiger partial charge in [0.1, 0.15) is 5.75 Å². The lowest BCUT2D eigenvalue weighted by Crippen LogP contribution is -2.44. The average molecular weight is 506 g/mol. The number of rotatable bonds is 6. The minimum absolute atomic E-state index is 0.0704. The van der Waals surface area contributed by atoms with Crippen molar-refractivity contribution in [2.24, 2.45) is 0 Å². The van der Waals surface area contributed by atoms with Gasteiger partial charge in [-0.1, -0.05) is 25.1 Å². The molecule has 2 unspecified atom stereocenters. The number of hydrogen-bond acceptors (Lipinski definition) is 5. The van der Waals surface area contributed by atoms with Gasteiger partial charge in [-0.3, -0.25) is 4.79 Å². The molecular weight excluding hydrogens is 474 g/mol. The van der Waals surface area contributed by atoms with Gasteiger partial charge < -0.3 is 15.7 Å². The molecule has 1 aliphatic carbocycles. The Bertz CT molecular complexity index is 1430. The van der Waals surface area contributed by atoms with Crippen molar-refractivity contribution in [1.82, 2.24) is 4.72 Å². The minimum Gasteiger partial charge on any atom is -0.508 e. The number of benzene rings is 3. The molecule has 1 aliphatic heterocycles. The lowest BCUT2D eigenvalue weighted by atomic mass is 9.77. The Morgan fingerprint density at radius 2 is 1.83 bits per heavy atom. The van der Waals surface area contributed by atoms with Crippen molar-refractivity contribution < 1.29 is 18.3 Å². The third-order valence-electron chi connectivity index (χ3n) is 7.17. The molecule has 1 fully saturated rings. The number of anilines is 2. The number of hydrogen-bond donors (Lipinski definition) is 4. The average Bonchev–Trinajstić information content (AvgIpc) is 3.48. The van der Waals surface area contributed by atoms with E-state index in [1.807, 2.05) is 31.2 Å². The van der Waals surface area contributed by atoms with Crippen LogP contribution in [0.15, 0.2) is 71.6 Å². The van der Waals surface area contributed by atoms with Gasteiger partial charge in [0.25, 0.3) is 5.91 Å². The highest BCUT2D eigenvalue weighted by Gasteiger charge is 2.61. The maximum Gasteiger partial charge on any atom is 0.255 e. The van der Waals surface area contributed by atoms with Gasteiger partial charge in [-0.05, 0) is 86.7 Å². The summed E-state index contributed by atoms with van der Waals surface area (Å²) >= 11 is 0. The Morgan fingerprint density at radius 3 is 2.53 bits per heavy atom. The molecule has 3 aromatic carbocycles. The molecular formula is C28H31N3O4S. The lowest BCUT2D eigenvalue weighted by Gasteiger charge is -2.40. The number of sulfonamides is 1. The molecule has 0 bridgehead atoms. The molecule has 4 N–H and O–H groups in total. The van der Waals surface area contributed by atoms with E-state index in [9.17, 15) is 18.3 Å². The van der Waals surface area contributed by atoms with E-state index in [2.05, 4.69) is 29.2 Å². The number of phenolic OH excluding ortho intramolecular Hbond substituents is 1. The van der Waals surface area contributed by atoms with Crippen LogP contribution in [0.5, 0.6) is 5.75 Å². The summed E-state index contributed by atoms with van der Waals surface area (Å²) in [7, 11) is -3.68. The van der Waals surface area contributed by atoms with Crippen molar-refractivity contribution in [3.05, 3.63) is 83.4 Å². The second-order valence-corrected chi connectivity index (χ2v) is 12.2. The summed E-state index contributed by atoms with van der Waals surface area (Å²) in [6.45, 7) is 6.24. The lowest BCUT2D eigenvalue weighted by molar-refractivity contribution is 0.102. The van der Waals surface area contributed by atoms with Gasteiger partial charge in [0.15, 0.2) is 0 Å². The number of aryl methyl sites for hydroxylation is 1. The maximum atomic E-state index is 13.2. The van der Waals surface area contributed by atoms with Crippen LogP contribution in [0.1, 0.15) is 55.1 Å². The molecule has 2 atom stereocenters. The van der Waals surface area contributed by atoms with Gasteiger partial charge in [0, 0.05) is 40.0 Å². The van der Waals surface area contributed by atoms with E-state index in [1.165, 1.54) is 12.1 Å². The summed E-state index contributed by atoms with van der Waals surface area (Å²) in [4.78, 5) is 13.3. The Hall–Kier alpha value is -3.36. The number of aromatic hydroxyl groups is 1. The molecule has 36 heavy (non-hydrogen) atoms. The smallest absolute Gasteiger partial charge is 0.255 e. The van der Waals surface area contributed by atoms with Gasteiger partial charge in [0.2, 0.25) is 10.0 Å². The van der Waals surface area contributed by atoms with E-state index < -0.39 is 15.4 Å². The van der Waals surface area contributed by atoms with Crippen molar-refractivity contribution in [3.63, 3.8) is 0 Å². The minimum atomic E-state index is -3.68. The normalized spacial score (nSPS) is 21.9. The molecule has 7 nitrogen and oxygen atoms in total. The third-order valence-corrected chi connectivity index (χ3v) is 8.65. The first-order valence-corrected chi connectivity index (χ1v) is 13.6. The monoisotopic (exact) mass is 505 g/mol. The summed E-state index contributed by atoms with van der Waals surface area (Å²) < 4.78 is 29.3. The second-order valence-electron chi connectivity index (χ2n) is 10.5. The highest BCUT2D eigenvalue weighted by atomic mass is 32.2. The summed E-state index contributed by atoms with van der Waals surface area (Å²) in [5, 5.41) is 16.1. The number of carbonyl (C=O) groups excluding carboxylic acids is 1. The SMILES string of the molecule is CCc1ccc(S(=O)(=O)NC2CC23CC(C)(C)Nc2ccc(C(=O)Nc4cccc(O)c4)cc23)cc1. The summed E-state index contributed by atoms with van der Waals surface area (Å²) in [5.74, 6) is -0.224. The first-order valence-electron chi connectivity index (χ1n) is 12.2. The Kier molecular flexibility index (Phi) is 5.84. The van der Waals surface area contributed by atoms with Crippen LogP contribution < -0.4 is 15.4 Å². The van der Waals surface area contributed by atoms with E-state index >= 15 is 0 Å². The molecule has 2 aliphatic rings. The van der Waals surface area contributed by atoms with Crippen molar-refractivity contribution in [2.45, 2.75) is 61.9 Å². The number of carbonyl (C=O) groups is 1. The molecule has 8 heteroatoms. The Morgan fingerprint density at radius 1 is 1.08 bits per heavy atom.